The summed E-state index contributed by atoms with van der Waals surface area (Å²) in [5, 5.41) is 3.58. The van der Waals surface area contributed by atoms with Gasteiger partial charge in [-0.2, -0.15) is 0 Å². The molecule has 0 bridgehead atoms. The van der Waals surface area contributed by atoms with E-state index in [9.17, 15) is 0 Å². The van der Waals surface area contributed by atoms with Gasteiger partial charge in [-0.15, -0.1) is 0 Å². The molecule has 1 fully saturated rings. The molecule has 1 saturated heterocycles. The van der Waals surface area contributed by atoms with E-state index in [2.05, 4.69) is 37.4 Å². The lowest BCUT2D eigenvalue weighted by Crippen LogP contribution is -2.42. The van der Waals surface area contributed by atoms with Crippen LogP contribution in [0, 0.1) is 19.3 Å². The van der Waals surface area contributed by atoms with Crippen molar-refractivity contribution in [2.24, 2.45) is 5.41 Å². The van der Waals surface area contributed by atoms with Gasteiger partial charge in [-0.1, -0.05) is 18.2 Å². The first kappa shape index (κ1) is 16.5. The van der Waals surface area contributed by atoms with E-state index in [0.717, 1.165) is 52.2 Å². The molecule has 118 valence electrons. The Morgan fingerprint density at radius 1 is 1.19 bits per heavy atom. The van der Waals surface area contributed by atoms with Crippen molar-refractivity contribution in [3.8, 4) is 0 Å². The standard InChI is InChI=1S/C18H29NO2/c1-15-5-4-6-16(2)17(15)13-18(7-10-21-11-8-18)14-19-9-12-20-3/h4-6,19H,7-14H2,1-3H3. The van der Waals surface area contributed by atoms with Gasteiger partial charge in [0, 0.05) is 33.4 Å². The zero-order chi connectivity index (χ0) is 15.1. The van der Waals surface area contributed by atoms with Crippen molar-refractivity contribution < 1.29 is 9.47 Å². The molecule has 1 N–H and O–H groups in total. The maximum absolute atomic E-state index is 5.60. The molecule has 3 heteroatoms. The summed E-state index contributed by atoms with van der Waals surface area (Å²) in [6, 6.07) is 6.61. The topological polar surface area (TPSA) is 30.5 Å². The molecule has 0 amide bonds. The van der Waals surface area contributed by atoms with Crippen molar-refractivity contribution in [2.75, 3.05) is 40.0 Å². The smallest absolute Gasteiger partial charge is 0.0587 e. The van der Waals surface area contributed by atoms with Gasteiger partial charge >= 0.3 is 0 Å². The summed E-state index contributed by atoms with van der Waals surface area (Å²) in [5.74, 6) is 0. The second-order valence-corrected chi connectivity index (χ2v) is 6.33. The third-order valence-corrected chi connectivity index (χ3v) is 4.73. The van der Waals surface area contributed by atoms with Gasteiger partial charge in [0.15, 0.2) is 0 Å². The lowest BCUT2D eigenvalue weighted by atomic mass is 9.73. The van der Waals surface area contributed by atoms with Crippen LogP contribution in [0.25, 0.3) is 0 Å². The third-order valence-electron chi connectivity index (χ3n) is 4.73. The molecule has 1 aromatic carbocycles. The Bertz CT molecular complexity index is 419. The summed E-state index contributed by atoms with van der Waals surface area (Å²) in [6.45, 7) is 8.98. The van der Waals surface area contributed by atoms with E-state index in [1.54, 1.807) is 7.11 Å². The van der Waals surface area contributed by atoms with Crippen molar-refractivity contribution in [1.82, 2.24) is 5.32 Å². The van der Waals surface area contributed by atoms with Gasteiger partial charge < -0.3 is 14.8 Å². The molecule has 0 atom stereocenters. The molecule has 0 spiro atoms. The molecular formula is C18H29NO2. The van der Waals surface area contributed by atoms with Crippen LogP contribution in [0.5, 0.6) is 0 Å². The van der Waals surface area contributed by atoms with Gasteiger partial charge in [0.2, 0.25) is 0 Å². The molecule has 0 aromatic heterocycles. The summed E-state index contributed by atoms with van der Waals surface area (Å²) >= 11 is 0. The Morgan fingerprint density at radius 3 is 2.48 bits per heavy atom. The second-order valence-electron chi connectivity index (χ2n) is 6.33. The minimum Gasteiger partial charge on any atom is -0.383 e. The molecule has 3 nitrogen and oxygen atoms in total. The fourth-order valence-corrected chi connectivity index (χ4v) is 3.25. The molecule has 1 aromatic rings. The number of rotatable bonds is 7. The normalized spacial score (nSPS) is 17.9. The van der Waals surface area contributed by atoms with E-state index >= 15 is 0 Å². The number of hydrogen-bond donors (Lipinski definition) is 1. The van der Waals surface area contributed by atoms with E-state index in [-0.39, 0.29) is 0 Å². The monoisotopic (exact) mass is 291 g/mol. The van der Waals surface area contributed by atoms with Crippen molar-refractivity contribution in [3.05, 3.63) is 34.9 Å². The predicted octanol–water partition coefficient (Wildman–Crippen LogP) is 2.88. The molecule has 1 aliphatic rings. The highest BCUT2D eigenvalue weighted by Crippen LogP contribution is 2.35. The van der Waals surface area contributed by atoms with Crippen LogP contribution in [-0.2, 0) is 15.9 Å². The summed E-state index contributed by atoms with van der Waals surface area (Å²) in [7, 11) is 1.75. The van der Waals surface area contributed by atoms with E-state index < -0.39 is 0 Å². The van der Waals surface area contributed by atoms with Gasteiger partial charge in [0.05, 0.1) is 6.61 Å². The molecule has 0 aliphatic carbocycles. The van der Waals surface area contributed by atoms with Crippen LogP contribution in [0.2, 0.25) is 0 Å². The van der Waals surface area contributed by atoms with Crippen LogP contribution >= 0.6 is 0 Å². The first-order valence-corrected chi connectivity index (χ1v) is 7.99. The Kier molecular flexibility index (Phi) is 6.22. The van der Waals surface area contributed by atoms with Crippen LogP contribution in [0.1, 0.15) is 29.5 Å². The highest BCUT2D eigenvalue weighted by molar-refractivity contribution is 5.34. The summed E-state index contributed by atoms with van der Waals surface area (Å²) < 4.78 is 10.7. The van der Waals surface area contributed by atoms with E-state index in [1.807, 2.05) is 0 Å². The zero-order valence-electron chi connectivity index (χ0n) is 13.7. The van der Waals surface area contributed by atoms with Gasteiger partial charge in [0.1, 0.15) is 0 Å². The summed E-state index contributed by atoms with van der Waals surface area (Å²) in [5.41, 5.74) is 4.67. The first-order chi connectivity index (χ1) is 10.2. The Hall–Kier alpha value is -0.900. The SMILES string of the molecule is COCCNCC1(Cc2c(C)cccc2C)CCOCC1. The molecule has 1 aliphatic heterocycles. The molecule has 1 heterocycles. The molecule has 21 heavy (non-hydrogen) atoms. The van der Waals surface area contributed by atoms with Crippen LogP contribution in [0.3, 0.4) is 0 Å². The average Bonchev–Trinajstić information content (AvgIpc) is 2.49. The average molecular weight is 291 g/mol. The van der Waals surface area contributed by atoms with E-state index in [4.69, 9.17) is 9.47 Å². The Balaban J connectivity index is 2.08. The number of benzene rings is 1. The summed E-state index contributed by atoms with van der Waals surface area (Å²) in [4.78, 5) is 0. The Morgan fingerprint density at radius 2 is 1.86 bits per heavy atom. The zero-order valence-corrected chi connectivity index (χ0v) is 13.7. The van der Waals surface area contributed by atoms with E-state index in [0.29, 0.717) is 5.41 Å². The molecular weight excluding hydrogens is 262 g/mol. The number of nitrogens with one attached hydrogen (secondary N) is 1. The fraction of sp³-hybridized carbons (Fsp3) is 0.667. The fourth-order valence-electron chi connectivity index (χ4n) is 3.25. The Labute approximate surface area is 129 Å². The van der Waals surface area contributed by atoms with Crippen LogP contribution in [0.15, 0.2) is 18.2 Å². The maximum Gasteiger partial charge on any atom is 0.0587 e. The van der Waals surface area contributed by atoms with Gasteiger partial charge in [-0.05, 0) is 55.2 Å². The number of ether oxygens (including phenoxy) is 2. The number of aryl methyl sites for hydroxylation is 2. The van der Waals surface area contributed by atoms with Crippen molar-refractivity contribution in [3.63, 3.8) is 0 Å². The molecule has 2 rings (SSSR count). The van der Waals surface area contributed by atoms with Crippen LogP contribution in [-0.4, -0.2) is 40.0 Å². The minimum atomic E-state index is 0.322. The highest BCUT2D eigenvalue weighted by Gasteiger charge is 2.33. The third kappa shape index (κ3) is 4.53. The lowest BCUT2D eigenvalue weighted by Gasteiger charge is -2.38. The number of methoxy groups -OCH3 is 1. The first-order valence-electron chi connectivity index (χ1n) is 7.99. The van der Waals surface area contributed by atoms with Crippen LogP contribution < -0.4 is 5.32 Å². The largest absolute Gasteiger partial charge is 0.383 e. The molecule has 0 radical (unpaired) electrons. The molecule has 0 saturated carbocycles. The minimum absolute atomic E-state index is 0.322. The highest BCUT2D eigenvalue weighted by atomic mass is 16.5. The number of hydrogen-bond acceptors (Lipinski definition) is 3. The molecule has 0 unspecified atom stereocenters. The quantitative estimate of drug-likeness (QED) is 0.784. The summed E-state index contributed by atoms with van der Waals surface area (Å²) in [6.07, 6.45) is 3.43. The maximum atomic E-state index is 5.60. The van der Waals surface area contributed by atoms with Gasteiger partial charge in [0.25, 0.3) is 0 Å². The van der Waals surface area contributed by atoms with Crippen molar-refractivity contribution in [2.45, 2.75) is 33.1 Å². The van der Waals surface area contributed by atoms with Gasteiger partial charge in [-0.25, -0.2) is 0 Å². The van der Waals surface area contributed by atoms with Crippen LogP contribution in [0.4, 0.5) is 0 Å². The van der Waals surface area contributed by atoms with Crippen molar-refractivity contribution >= 4 is 0 Å². The predicted molar refractivity (Wildman–Crippen MR) is 86.9 cm³/mol. The van der Waals surface area contributed by atoms with Gasteiger partial charge in [-0.3, -0.25) is 0 Å². The second kappa shape index (κ2) is 7.92. The lowest BCUT2D eigenvalue weighted by molar-refractivity contribution is 0.0142. The van der Waals surface area contributed by atoms with E-state index in [1.165, 1.54) is 16.7 Å². The van der Waals surface area contributed by atoms with Crippen molar-refractivity contribution in [1.29, 1.82) is 0 Å².